The lowest BCUT2D eigenvalue weighted by Gasteiger charge is -2.34. The molecule has 7 heteroatoms. The molecule has 0 unspecified atom stereocenters. The minimum absolute atomic E-state index is 0.283. The molecule has 5 rings (SSSR count). The Labute approximate surface area is 195 Å². The normalized spacial score (nSPS) is 20.6. The molecular formula is C26H34N4O3. The molecule has 1 aromatic heterocycles. The molecule has 2 heterocycles. The molecule has 33 heavy (non-hydrogen) atoms. The van der Waals surface area contributed by atoms with Crippen LogP contribution < -0.4 is 4.90 Å². The number of carbonyl (C=O) groups is 1. The minimum atomic E-state index is -0.283. The van der Waals surface area contributed by atoms with E-state index in [2.05, 4.69) is 52.2 Å². The Hall–Kier alpha value is -2.90. The van der Waals surface area contributed by atoms with E-state index in [1.807, 2.05) is 18.2 Å². The number of imidazole rings is 1. The largest absolute Gasteiger partial charge is 0.447 e. The Kier molecular flexibility index (Phi) is 7.96. The summed E-state index contributed by atoms with van der Waals surface area (Å²) in [6, 6.07) is 17.4. The van der Waals surface area contributed by atoms with Crippen LogP contribution in [0.4, 0.5) is 10.5 Å². The third kappa shape index (κ3) is 5.92. The molecule has 0 spiro atoms. The molecule has 1 saturated carbocycles. The maximum atomic E-state index is 11.3. The van der Waals surface area contributed by atoms with Gasteiger partial charge in [0.1, 0.15) is 6.61 Å². The Balaban J connectivity index is 0.000000159. The number of amides is 1. The molecule has 2 aliphatic rings. The number of likely N-dealkylation sites (N-methyl/N-ethyl adjacent to an activating group) is 1. The van der Waals surface area contributed by atoms with E-state index >= 15 is 0 Å². The van der Waals surface area contributed by atoms with E-state index in [0.717, 1.165) is 41.8 Å². The number of carbonyl (C=O) groups excluding carboxylic acids is 1. The molecular weight excluding hydrogens is 416 g/mol. The number of hydrogen-bond acceptors (Lipinski definition) is 5. The molecule has 1 aliphatic carbocycles. The molecule has 0 radical (unpaired) electrons. The molecule has 2 fully saturated rings. The smallest absolute Gasteiger partial charge is 0.414 e. The maximum absolute atomic E-state index is 11.3. The zero-order valence-electron chi connectivity index (χ0n) is 19.6. The van der Waals surface area contributed by atoms with Gasteiger partial charge in [-0.25, -0.2) is 9.78 Å². The van der Waals surface area contributed by atoms with Gasteiger partial charge in [0.15, 0.2) is 0 Å². The summed E-state index contributed by atoms with van der Waals surface area (Å²) in [5, 5.41) is 0. The van der Waals surface area contributed by atoms with Crippen molar-refractivity contribution in [2.75, 3.05) is 45.4 Å². The van der Waals surface area contributed by atoms with Crippen molar-refractivity contribution in [1.29, 1.82) is 0 Å². The summed E-state index contributed by atoms with van der Waals surface area (Å²) in [6.07, 6.45) is 6.64. The average molecular weight is 451 g/mol. The van der Waals surface area contributed by atoms with Gasteiger partial charge in [0, 0.05) is 25.4 Å². The number of anilines is 1. The zero-order valence-corrected chi connectivity index (χ0v) is 19.6. The van der Waals surface area contributed by atoms with E-state index in [4.69, 9.17) is 9.47 Å². The van der Waals surface area contributed by atoms with E-state index in [1.165, 1.54) is 31.2 Å². The lowest BCUT2D eigenvalue weighted by molar-refractivity contribution is 0.120. The van der Waals surface area contributed by atoms with E-state index in [1.54, 1.807) is 18.3 Å². The molecule has 0 atom stereocenters. The summed E-state index contributed by atoms with van der Waals surface area (Å²) in [6.45, 7) is 2.96. The number of benzene rings is 2. The van der Waals surface area contributed by atoms with Gasteiger partial charge in [0.05, 0.1) is 30.5 Å². The number of cyclic esters (lactones) is 1. The average Bonchev–Trinajstić information content (AvgIpc) is 3.51. The molecule has 3 aromatic rings. The SMILES string of the molecule is COCCN(C)C1CCC(c2ccccc2)CC1.O=C1OCCN1c1ccc2nc[nH]c2c1. The predicted molar refractivity (Wildman–Crippen MR) is 131 cm³/mol. The Morgan fingerprint density at radius 3 is 2.64 bits per heavy atom. The number of methoxy groups -OCH3 is 1. The lowest BCUT2D eigenvalue weighted by atomic mass is 9.81. The first-order valence-electron chi connectivity index (χ1n) is 11.8. The van der Waals surface area contributed by atoms with Crippen LogP contribution in [0.1, 0.15) is 37.2 Å². The number of nitrogens with zero attached hydrogens (tertiary/aromatic N) is 3. The van der Waals surface area contributed by atoms with Crippen LogP contribution in [0.2, 0.25) is 0 Å². The Morgan fingerprint density at radius 1 is 1.15 bits per heavy atom. The van der Waals surface area contributed by atoms with Crippen molar-refractivity contribution in [1.82, 2.24) is 14.9 Å². The number of fused-ring (bicyclic) bond motifs is 1. The van der Waals surface area contributed by atoms with Gasteiger partial charge in [0.25, 0.3) is 0 Å². The Morgan fingerprint density at radius 2 is 1.94 bits per heavy atom. The highest BCUT2D eigenvalue weighted by atomic mass is 16.6. The highest BCUT2D eigenvalue weighted by molar-refractivity contribution is 5.92. The van der Waals surface area contributed by atoms with Crippen molar-refractivity contribution in [3.63, 3.8) is 0 Å². The first kappa shape index (κ1) is 23.3. The predicted octanol–water partition coefficient (Wildman–Crippen LogP) is 4.81. The van der Waals surface area contributed by atoms with Crippen molar-refractivity contribution >= 4 is 22.8 Å². The number of aromatic nitrogens is 2. The molecule has 176 valence electrons. The monoisotopic (exact) mass is 450 g/mol. The topological polar surface area (TPSA) is 70.7 Å². The molecule has 7 nitrogen and oxygen atoms in total. The second-order valence-corrected chi connectivity index (χ2v) is 8.76. The van der Waals surface area contributed by atoms with Crippen LogP contribution in [0.3, 0.4) is 0 Å². The van der Waals surface area contributed by atoms with Crippen LogP contribution >= 0.6 is 0 Å². The number of rotatable bonds is 6. The number of aromatic amines is 1. The standard InChI is InChI=1S/C16H25NO.C10H9N3O2/c1-17(12-13-18-2)16-10-8-15(9-11-16)14-6-4-3-5-7-14;14-10-13(3-4-15-10)7-1-2-8-9(5-7)12-6-11-8/h3-7,15-16H,8-13H2,1-2H3;1-2,5-6H,3-4H2,(H,11,12). The molecule has 0 bridgehead atoms. The van der Waals surface area contributed by atoms with Crippen LogP contribution in [-0.4, -0.2) is 67.5 Å². The van der Waals surface area contributed by atoms with E-state index < -0.39 is 0 Å². The second-order valence-electron chi connectivity index (χ2n) is 8.76. The van der Waals surface area contributed by atoms with Gasteiger partial charge in [-0.2, -0.15) is 0 Å². The number of H-pyrrole nitrogens is 1. The van der Waals surface area contributed by atoms with Gasteiger partial charge in [-0.05, 0) is 62.4 Å². The first-order chi connectivity index (χ1) is 16.2. The zero-order chi connectivity index (χ0) is 23.0. The van der Waals surface area contributed by atoms with Crippen LogP contribution in [0, 0.1) is 0 Å². The van der Waals surface area contributed by atoms with E-state index in [-0.39, 0.29) is 6.09 Å². The van der Waals surface area contributed by atoms with Gasteiger partial charge in [0.2, 0.25) is 0 Å². The van der Waals surface area contributed by atoms with Crippen LogP contribution in [0.25, 0.3) is 11.0 Å². The summed E-state index contributed by atoms with van der Waals surface area (Å²) in [7, 11) is 4.01. The third-order valence-corrected chi connectivity index (χ3v) is 6.72. The summed E-state index contributed by atoms with van der Waals surface area (Å²) in [5.41, 5.74) is 4.18. The summed E-state index contributed by atoms with van der Waals surface area (Å²) < 4.78 is 10.0. The van der Waals surface area contributed by atoms with Crippen molar-refractivity contribution < 1.29 is 14.3 Å². The molecule has 1 N–H and O–H groups in total. The van der Waals surface area contributed by atoms with E-state index in [0.29, 0.717) is 13.2 Å². The first-order valence-corrected chi connectivity index (χ1v) is 11.8. The molecule has 1 saturated heterocycles. The second kappa shape index (κ2) is 11.3. The van der Waals surface area contributed by atoms with Gasteiger partial charge < -0.3 is 19.4 Å². The van der Waals surface area contributed by atoms with Crippen molar-refractivity contribution in [3.8, 4) is 0 Å². The highest BCUT2D eigenvalue weighted by Gasteiger charge is 2.25. The fourth-order valence-corrected chi connectivity index (χ4v) is 4.71. The van der Waals surface area contributed by atoms with E-state index in [9.17, 15) is 4.79 Å². The van der Waals surface area contributed by atoms with Crippen molar-refractivity contribution in [2.45, 2.75) is 37.6 Å². The molecule has 1 amide bonds. The number of ether oxygens (including phenoxy) is 2. The van der Waals surface area contributed by atoms with Crippen molar-refractivity contribution in [2.24, 2.45) is 0 Å². The number of nitrogens with one attached hydrogen (secondary N) is 1. The molecule has 2 aromatic carbocycles. The Bertz CT molecular complexity index is 1010. The van der Waals surface area contributed by atoms with Crippen LogP contribution in [0.15, 0.2) is 54.9 Å². The van der Waals surface area contributed by atoms with Crippen LogP contribution in [-0.2, 0) is 9.47 Å². The van der Waals surface area contributed by atoms with Gasteiger partial charge in [-0.1, -0.05) is 30.3 Å². The third-order valence-electron chi connectivity index (χ3n) is 6.72. The quantitative estimate of drug-likeness (QED) is 0.584. The molecule has 1 aliphatic heterocycles. The lowest BCUT2D eigenvalue weighted by Crippen LogP contribution is -2.36. The highest BCUT2D eigenvalue weighted by Crippen LogP contribution is 2.34. The maximum Gasteiger partial charge on any atom is 0.414 e. The summed E-state index contributed by atoms with van der Waals surface area (Å²) in [5.74, 6) is 0.776. The fourth-order valence-electron chi connectivity index (χ4n) is 4.71. The minimum Gasteiger partial charge on any atom is -0.447 e. The van der Waals surface area contributed by atoms with Gasteiger partial charge in [-0.3, -0.25) is 4.90 Å². The number of hydrogen-bond donors (Lipinski definition) is 1. The summed E-state index contributed by atoms with van der Waals surface area (Å²) in [4.78, 5) is 22.5. The fraction of sp³-hybridized carbons (Fsp3) is 0.462. The van der Waals surface area contributed by atoms with Crippen LogP contribution in [0.5, 0.6) is 0 Å². The summed E-state index contributed by atoms with van der Waals surface area (Å²) >= 11 is 0. The van der Waals surface area contributed by atoms with Crippen molar-refractivity contribution in [3.05, 3.63) is 60.4 Å². The van der Waals surface area contributed by atoms with Gasteiger partial charge >= 0.3 is 6.09 Å². The van der Waals surface area contributed by atoms with Gasteiger partial charge in [-0.15, -0.1) is 0 Å².